The predicted molar refractivity (Wildman–Crippen MR) is 92.4 cm³/mol. The van der Waals surface area contributed by atoms with Crippen molar-refractivity contribution in [3.8, 4) is 0 Å². The second-order valence-electron chi connectivity index (χ2n) is 6.90. The molecule has 1 saturated heterocycles. The number of amides is 2. The fourth-order valence-electron chi connectivity index (χ4n) is 2.55. The average molecular weight is 401 g/mol. The van der Waals surface area contributed by atoms with Crippen LogP contribution in [-0.4, -0.2) is 53.1 Å². The van der Waals surface area contributed by atoms with E-state index in [4.69, 9.17) is 4.74 Å². The van der Waals surface area contributed by atoms with E-state index in [2.05, 4.69) is 15.9 Å². The Morgan fingerprint density at radius 3 is 2.50 bits per heavy atom. The van der Waals surface area contributed by atoms with Crippen LogP contribution in [0.2, 0.25) is 0 Å². The molecule has 132 valence electrons. The molecule has 1 aromatic rings. The first kappa shape index (κ1) is 18.7. The van der Waals surface area contributed by atoms with Gasteiger partial charge < -0.3 is 14.5 Å². The molecule has 0 spiro atoms. The van der Waals surface area contributed by atoms with Gasteiger partial charge in [0, 0.05) is 31.2 Å². The Kier molecular flexibility index (Phi) is 5.52. The van der Waals surface area contributed by atoms with Crippen molar-refractivity contribution >= 4 is 27.9 Å². The van der Waals surface area contributed by atoms with Crippen LogP contribution in [0.1, 0.15) is 38.1 Å². The van der Waals surface area contributed by atoms with Crippen LogP contribution in [0.5, 0.6) is 0 Å². The summed E-state index contributed by atoms with van der Waals surface area (Å²) in [6.45, 7) is 8.57. The van der Waals surface area contributed by atoms with Gasteiger partial charge in [0.25, 0.3) is 5.91 Å². The van der Waals surface area contributed by atoms with Crippen molar-refractivity contribution in [2.75, 3.05) is 19.6 Å². The summed E-state index contributed by atoms with van der Waals surface area (Å²) in [5, 5.41) is 0. The molecule has 0 bridgehead atoms. The number of hydrogen-bond donors (Lipinski definition) is 0. The van der Waals surface area contributed by atoms with Crippen LogP contribution in [-0.2, 0) is 4.74 Å². The van der Waals surface area contributed by atoms with Crippen molar-refractivity contribution in [3.63, 3.8) is 0 Å². The van der Waals surface area contributed by atoms with Gasteiger partial charge in [0.1, 0.15) is 11.4 Å². The highest BCUT2D eigenvalue weighted by atomic mass is 79.9. The molecule has 1 fully saturated rings. The number of carbonyl (C=O) groups is 2. The van der Waals surface area contributed by atoms with Crippen molar-refractivity contribution in [2.45, 2.75) is 39.3 Å². The Morgan fingerprint density at radius 1 is 1.29 bits per heavy atom. The van der Waals surface area contributed by atoms with Crippen LogP contribution in [0.15, 0.2) is 22.7 Å². The van der Waals surface area contributed by atoms with Crippen LogP contribution in [0, 0.1) is 5.82 Å². The lowest BCUT2D eigenvalue weighted by Crippen LogP contribution is -2.56. The van der Waals surface area contributed by atoms with E-state index in [1.165, 1.54) is 18.2 Å². The van der Waals surface area contributed by atoms with Gasteiger partial charge in [-0.25, -0.2) is 9.18 Å². The van der Waals surface area contributed by atoms with Gasteiger partial charge in [0.2, 0.25) is 0 Å². The van der Waals surface area contributed by atoms with Gasteiger partial charge in [-0.05, 0) is 61.8 Å². The monoisotopic (exact) mass is 400 g/mol. The smallest absolute Gasteiger partial charge is 0.410 e. The zero-order valence-corrected chi connectivity index (χ0v) is 15.9. The number of nitrogens with zero attached hydrogens (tertiary/aromatic N) is 2. The fraction of sp³-hybridized carbons (Fsp3) is 0.529. The molecule has 2 rings (SSSR count). The highest BCUT2D eigenvalue weighted by molar-refractivity contribution is 9.10. The highest BCUT2D eigenvalue weighted by Gasteiger charge is 2.32. The lowest BCUT2D eigenvalue weighted by molar-refractivity contribution is 0.00198. The summed E-state index contributed by atoms with van der Waals surface area (Å²) in [7, 11) is 0. The first-order valence-electron chi connectivity index (χ1n) is 7.82. The van der Waals surface area contributed by atoms with Gasteiger partial charge in [-0.15, -0.1) is 0 Å². The molecule has 1 heterocycles. The zero-order valence-electron chi connectivity index (χ0n) is 14.3. The van der Waals surface area contributed by atoms with Gasteiger partial charge in [-0.2, -0.15) is 0 Å². The van der Waals surface area contributed by atoms with E-state index in [-0.39, 0.29) is 22.5 Å². The number of piperazine rings is 1. The lowest BCUT2D eigenvalue weighted by Gasteiger charge is -2.40. The van der Waals surface area contributed by atoms with E-state index in [0.29, 0.717) is 25.2 Å². The maximum atomic E-state index is 13.3. The molecule has 0 radical (unpaired) electrons. The summed E-state index contributed by atoms with van der Waals surface area (Å²) < 4.78 is 19.0. The molecule has 7 heteroatoms. The van der Waals surface area contributed by atoms with E-state index in [9.17, 15) is 14.0 Å². The first-order valence-corrected chi connectivity index (χ1v) is 8.62. The number of hydrogen-bond acceptors (Lipinski definition) is 3. The van der Waals surface area contributed by atoms with Gasteiger partial charge in [-0.3, -0.25) is 4.79 Å². The Hall–Kier alpha value is -1.63. The molecule has 1 atom stereocenters. The normalized spacial score (nSPS) is 18.5. The average Bonchev–Trinajstić information content (AvgIpc) is 2.47. The number of ether oxygens (including phenoxy) is 1. The third kappa shape index (κ3) is 4.47. The Balaban J connectivity index is 2.03. The third-order valence-electron chi connectivity index (χ3n) is 3.71. The minimum absolute atomic E-state index is 0.151. The second-order valence-corrected chi connectivity index (χ2v) is 7.76. The second kappa shape index (κ2) is 7.09. The predicted octanol–water partition coefficient (Wildman–Crippen LogP) is 3.67. The lowest BCUT2D eigenvalue weighted by atomic mass is 10.1. The number of benzene rings is 1. The minimum Gasteiger partial charge on any atom is -0.444 e. The Morgan fingerprint density at radius 2 is 1.96 bits per heavy atom. The van der Waals surface area contributed by atoms with E-state index in [1.54, 1.807) is 9.80 Å². The van der Waals surface area contributed by atoms with Crippen LogP contribution >= 0.6 is 15.9 Å². The summed E-state index contributed by atoms with van der Waals surface area (Å²) in [5.41, 5.74) is -0.134. The summed E-state index contributed by atoms with van der Waals surface area (Å²) in [4.78, 5) is 28.1. The third-order valence-corrected chi connectivity index (χ3v) is 4.32. The van der Waals surface area contributed by atoms with E-state index < -0.39 is 11.4 Å². The maximum Gasteiger partial charge on any atom is 0.410 e. The van der Waals surface area contributed by atoms with Gasteiger partial charge in [0.05, 0.1) is 4.47 Å². The van der Waals surface area contributed by atoms with Crippen LogP contribution < -0.4 is 0 Å². The minimum atomic E-state index is -0.551. The van der Waals surface area contributed by atoms with Crippen molar-refractivity contribution in [3.05, 3.63) is 34.1 Å². The van der Waals surface area contributed by atoms with Crippen molar-refractivity contribution in [2.24, 2.45) is 0 Å². The molecule has 0 aliphatic carbocycles. The topological polar surface area (TPSA) is 49.9 Å². The van der Waals surface area contributed by atoms with E-state index in [0.717, 1.165) is 0 Å². The molecule has 0 aromatic heterocycles. The van der Waals surface area contributed by atoms with Crippen molar-refractivity contribution in [1.29, 1.82) is 0 Å². The van der Waals surface area contributed by atoms with Gasteiger partial charge in [0.15, 0.2) is 0 Å². The Bertz CT molecular complexity index is 645. The van der Waals surface area contributed by atoms with Gasteiger partial charge in [-0.1, -0.05) is 0 Å². The zero-order chi connectivity index (χ0) is 18.1. The summed E-state index contributed by atoms with van der Waals surface area (Å²) in [5.74, 6) is -0.582. The summed E-state index contributed by atoms with van der Waals surface area (Å²) in [6.07, 6.45) is -0.369. The Labute approximate surface area is 149 Å². The summed E-state index contributed by atoms with van der Waals surface area (Å²) >= 11 is 3.09. The summed E-state index contributed by atoms with van der Waals surface area (Å²) in [6, 6.07) is 4.05. The largest absolute Gasteiger partial charge is 0.444 e. The molecular weight excluding hydrogens is 379 g/mol. The van der Waals surface area contributed by atoms with Crippen molar-refractivity contribution in [1.82, 2.24) is 9.80 Å². The number of rotatable bonds is 1. The molecule has 1 aliphatic rings. The molecule has 1 aromatic carbocycles. The van der Waals surface area contributed by atoms with Gasteiger partial charge >= 0.3 is 6.09 Å². The van der Waals surface area contributed by atoms with E-state index in [1.807, 2.05) is 27.7 Å². The number of halogens is 2. The molecule has 24 heavy (non-hydrogen) atoms. The fourth-order valence-corrected chi connectivity index (χ4v) is 2.92. The maximum absolute atomic E-state index is 13.3. The molecule has 0 unspecified atom stereocenters. The molecule has 0 saturated carbocycles. The number of carbonyl (C=O) groups excluding carboxylic acids is 2. The molecular formula is C17H22BrFN2O3. The standard InChI is InChI=1S/C17H22BrFN2O3/c1-11-10-20(7-8-21(11)16(23)24-17(2,3)4)15(22)12-5-6-14(19)13(18)9-12/h5-6,9,11H,7-8,10H2,1-4H3/t11-/m1/s1. The highest BCUT2D eigenvalue weighted by Crippen LogP contribution is 2.20. The van der Waals surface area contributed by atoms with Crippen LogP contribution in [0.3, 0.4) is 0 Å². The SMILES string of the molecule is C[C@@H]1CN(C(=O)c2ccc(F)c(Br)c2)CCN1C(=O)OC(C)(C)C. The van der Waals surface area contributed by atoms with Crippen molar-refractivity contribution < 1.29 is 18.7 Å². The van der Waals surface area contributed by atoms with Crippen LogP contribution in [0.4, 0.5) is 9.18 Å². The van der Waals surface area contributed by atoms with Crippen LogP contribution in [0.25, 0.3) is 0 Å². The molecule has 2 amide bonds. The molecule has 0 N–H and O–H groups in total. The molecule has 5 nitrogen and oxygen atoms in total. The quantitative estimate of drug-likeness (QED) is 0.722. The van der Waals surface area contributed by atoms with E-state index >= 15 is 0 Å². The first-order chi connectivity index (χ1) is 11.1. The molecule has 1 aliphatic heterocycles.